The highest BCUT2D eigenvalue weighted by Crippen LogP contribution is 2.29. The van der Waals surface area contributed by atoms with Gasteiger partial charge in [-0.25, -0.2) is 4.79 Å². The van der Waals surface area contributed by atoms with Gasteiger partial charge >= 0.3 is 12.0 Å². The van der Waals surface area contributed by atoms with E-state index in [0.717, 1.165) is 37.4 Å². The van der Waals surface area contributed by atoms with Gasteiger partial charge in [-0.15, -0.1) is 0 Å². The standard InChI is InChI=1S/C17H29N3O4/c1-4-5-10-24-14(21)12-20-15(22)17(18-16(20)23)6-8-19(9-7-17)11-13(2)3/h13H,4-12H2,1-3H3,(H,18,23). The van der Waals surface area contributed by atoms with Gasteiger partial charge < -0.3 is 15.0 Å². The van der Waals surface area contributed by atoms with Crippen LogP contribution in [0.5, 0.6) is 0 Å². The molecule has 0 radical (unpaired) electrons. The number of hydrogen-bond acceptors (Lipinski definition) is 5. The molecule has 2 rings (SSSR count). The maximum Gasteiger partial charge on any atom is 0.326 e. The Morgan fingerprint density at radius 3 is 2.54 bits per heavy atom. The van der Waals surface area contributed by atoms with E-state index >= 15 is 0 Å². The average Bonchev–Trinajstić information content (AvgIpc) is 2.74. The van der Waals surface area contributed by atoms with Crippen LogP contribution in [0.4, 0.5) is 4.79 Å². The summed E-state index contributed by atoms with van der Waals surface area (Å²) in [6.07, 6.45) is 2.88. The lowest BCUT2D eigenvalue weighted by molar-refractivity contribution is -0.148. The number of imide groups is 1. The molecule has 0 aromatic carbocycles. The lowest BCUT2D eigenvalue weighted by Gasteiger charge is -2.37. The van der Waals surface area contributed by atoms with Crippen molar-refractivity contribution in [2.45, 2.75) is 52.0 Å². The van der Waals surface area contributed by atoms with Gasteiger partial charge in [-0.3, -0.25) is 14.5 Å². The molecule has 0 aliphatic carbocycles. The molecule has 2 aliphatic rings. The van der Waals surface area contributed by atoms with Crippen LogP contribution in [-0.4, -0.2) is 66.0 Å². The van der Waals surface area contributed by atoms with E-state index in [0.29, 0.717) is 25.4 Å². The van der Waals surface area contributed by atoms with Crippen molar-refractivity contribution < 1.29 is 19.1 Å². The Bertz CT molecular complexity index is 484. The third kappa shape index (κ3) is 4.26. The van der Waals surface area contributed by atoms with Crippen molar-refractivity contribution in [2.24, 2.45) is 5.92 Å². The summed E-state index contributed by atoms with van der Waals surface area (Å²) in [4.78, 5) is 40.0. The highest BCUT2D eigenvalue weighted by molar-refractivity contribution is 6.08. The van der Waals surface area contributed by atoms with E-state index in [4.69, 9.17) is 4.74 Å². The van der Waals surface area contributed by atoms with Crippen LogP contribution in [0.1, 0.15) is 46.5 Å². The molecule has 0 aromatic heterocycles. The summed E-state index contributed by atoms with van der Waals surface area (Å²) in [5.74, 6) is -0.243. The molecule has 1 N–H and O–H groups in total. The molecule has 1 spiro atoms. The molecule has 2 heterocycles. The Kier molecular flexibility index (Phi) is 6.21. The fourth-order valence-electron chi connectivity index (χ4n) is 3.30. The number of likely N-dealkylation sites (tertiary alicyclic amines) is 1. The minimum absolute atomic E-state index is 0.288. The largest absolute Gasteiger partial charge is 0.464 e. The van der Waals surface area contributed by atoms with Gasteiger partial charge in [0.1, 0.15) is 12.1 Å². The number of urea groups is 1. The third-order valence-electron chi connectivity index (χ3n) is 4.63. The lowest BCUT2D eigenvalue weighted by Crippen LogP contribution is -2.55. The molecule has 7 nitrogen and oxygen atoms in total. The zero-order chi connectivity index (χ0) is 17.7. The smallest absolute Gasteiger partial charge is 0.326 e. The van der Waals surface area contributed by atoms with E-state index in [1.54, 1.807) is 0 Å². The van der Waals surface area contributed by atoms with Crippen molar-refractivity contribution in [3.8, 4) is 0 Å². The van der Waals surface area contributed by atoms with Gasteiger partial charge in [-0.2, -0.15) is 0 Å². The van der Waals surface area contributed by atoms with E-state index in [-0.39, 0.29) is 12.5 Å². The van der Waals surface area contributed by atoms with Crippen LogP contribution in [0.15, 0.2) is 0 Å². The summed E-state index contributed by atoms with van der Waals surface area (Å²) in [6.45, 7) is 8.90. The molecule has 0 saturated carbocycles. The highest BCUT2D eigenvalue weighted by Gasteiger charge is 2.52. The molecule has 0 unspecified atom stereocenters. The van der Waals surface area contributed by atoms with Gasteiger partial charge in [-0.1, -0.05) is 27.2 Å². The maximum absolute atomic E-state index is 12.7. The van der Waals surface area contributed by atoms with Crippen LogP contribution < -0.4 is 5.32 Å². The summed E-state index contributed by atoms with van der Waals surface area (Å²) in [7, 11) is 0. The SMILES string of the molecule is CCCCOC(=O)CN1C(=O)NC2(CCN(CC(C)C)CC2)C1=O. The Balaban J connectivity index is 1.90. The summed E-state index contributed by atoms with van der Waals surface area (Å²) < 4.78 is 5.06. The van der Waals surface area contributed by atoms with E-state index in [2.05, 4.69) is 24.1 Å². The predicted molar refractivity (Wildman–Crippen MR) is 89.4 cm³/mol. The number of rotatable bonds is 7. The quantitative estimate of drug-likeness (QED) is 0.431. The maximum atomic E-state index is 12.7. The van der Waals surface area contributed by atoms with Crippen LogP contribution in [-0.2, 0) is 14.3 Å². The second kappa shape index (κ2) is 7.96. The minimum atomic E-state index is -0.839. The first-order valence-corrected chi connectivity index (χ1v) is 8.90. The lowest BCUT2D eigenvalue weighted by atomic mass is 9.87. The number of unbranched alkanes of at least 4 members (excludes halogenated alkanes) is 1. The molecular weight excluding hydrogens is 310 g/mol. The van der Waals surface area contributed by atoms with Crippen molar-refractivity contribution in [1.29, 1.82) is 0 Å². The van der Waals surface area contributed by atoms with E-state index < -0.39 is 17.5 Å². The topological polar surface area (TPSA) is 79.0 Å². The second-order valence-electron chi connectivity index (χ2n) is 7.17. The first-order chi connectivity index (χ1) is 11.4. The zero-order valence-electron chi connectivity index (χ0n) is 15.0. The van der Waals surface area contributed by atoms with Crippen molar-refractivity contribution in [2.75, 3.05) is 32.8 Å². The zero-order valence-corrected chi connectivity index (χ0v) is 15.0. The molecule has 24 heavy (non-hydrogen) atoms. The Labute approximate surface area is 143 Å². The van der Waals surface area contributed by atoms with Crippen LogP contribution in [0.25, 0.3) is 0 Å². The summed E-state index contributed by atoms with van der Waals surface area (Å²) >= 11 is 0. The van der Waals surface area contributed by atoms with Crippen LogP contribution >= 0.6 is 0 Å². The number of esters is 1. The van der Waals surface area contributed by atoms with Gasteiger partial charge in [0.2, 0.25) is 0 Å². The number of hydrogen-bond donors (Lipinski definition) is 1. The molecule has 0 atom stereocenters. The number of amides is 3. The number of nitrogens with one attached hydrogen (secondary N) is 1. The average molecular weight is 339 g/mol. The monoisotopic (exact) mass is 339 g/mol. The van der Waals surface area contributed by atoms with E-state index in [1.807, 2.05) is 6.92 Å². The minimum Gasteiger partial charge on any atom is -0.464 e. The van der Waals surface area contributed by atoms with Crippen LogP contribution in [0.3, 0.4) is 0 Å². The Morgan fingerprint density at radius 2 is 1.96 bits per heavy atom. The molecule has 2 aliphatic heterocycles. The van der Waals surface area contributed by atoms with Gasteiger partial charge in [0.15, 0.2) is 0 Å². The molecular formula is C17H29N3O4. The number of carbonyl (C=O) groups is 3. The number of piperidine rings is 1. The third-order valence-corrected chi connectivity index (χ3v) is 4.63. The number of nitrogens with zero attached hydrogens (tertiary/aromatic N) is 2. The van der Waals surface area contributed by atoms with Gasteiger partial charge in [0.05, 0.1) is 6.61 Å². The molecule has 3 amide bonds. The molecule has 0 aromatic rings. The fraction of sp³-hybridized carbons (Fsp3) is 0.824. The Hall–Kier alpha value is -1.63. The normalized spacial score (nSPS) is 20.8. The van der Waals surface area contributed by atoms with Gasteiger partial charge in [-0.05, 0) is 25.2 Å². The highest BCUT2D eigenvalue weighted by atomic mass is 16.5. The molecule has 136 valence electrons. The van der Waals surface area contributed by atoms with Crippen molar-refractivity contribution in [1.82, 2.24) is 15.1 Å². The molecule has 2 fully saturated rings. The predicted octanol–water partition coefficient (Wildman–Crippen LogP) is 1.37. The number of carbonyl (C=O) groups excluding carboxylic acids is 3. The Morgan fingerprint density at radius 1 is 1.29 bits per heavy atom. The number of ether oxygens (including phenoxy) is 1. The van der Waals surface area contributed by atoms with Crippen molar-refractivity contribution in [3.63, 3.8) is 0 Å². The molecule has 0 bridgehead atoms. The first-order valence-electron chi connectivity index (χ1n) is 8.90. The summed E-state index contributed by atoms with van der Waals surface area (Å²) in [6, 6.07) is -0.482. The first kappa shape index (κ1) is 18.7. The molecule has 7 heteroatoms. The van der Waals surface area contributed by atoms with E-state index in [9.17, 15) is 14.4 Å². The van der Waals surface area contributed by atoms with Crippen LogP contribution in [0, 0.1) is 5.92 Å². The van der Waals surface area contributed by atoms with Gasteiger partial charge in [0, 0.05) is 19.6 Å². The van der Waals surface area contributed by atoms with Crippen LogP contribution in [0.2, 0.25) is 0 Å². The molecule has 2 saturated heterocycles. The summed E-state index contributed by atoms with van der Waals surface area (Å²) in [5.41, 5.74) is -0.839. The van der Waals surface area contributed by atoms with Crippen molar-refractivity contribution >= 4 is 17.9 Å². The van der Waals surface area contributed by atoms with Gasteiger partial charge in [0.25, 0.3) is 5.91 Å². The fourth-order valence-corrected chi connectivity index (χ4v) is 3.30. The summed E-state index contributed by atoms with van der Waals surface area (Å²) in [5, 5.41) is 2.82. The second-order valence-corrected chi connectivity index (χ2v) is 7.17. The van der Waals surface area contributed by atoms with E-state index in [1.165, 1.54) is 0 Å². The van der Waals surface area contributed by atoms with Crippen molar-refractivity contribution in [3.05, 3.63) is 0 Å².